The quantitative estimate of drug-likeness (QED) is 0.250. The number of carboxylic acids is 2. The molecule has 0 aromatic carbocycles. The van der Waals surface area contributed by atoms with Gasteiger partial charge in [0.15, 0.2) is 0 Å². The minimum atomic E-state index is -1.06. The molecule has 0 amide bonds. The zero-order valence-electron chi connectivity index (χ0n) is 14.9. The van der Waals surface area contributed by atoms with Gasteiger partial charge in [0, 0.05) is 25.2 Å². The van der Waals surface area contributed by atoms with E-state index in [1.807, 2.05) is 0 Å². The SMILES string of the molecule is CCC/C=C/CCC[N+](CCO)(CCCC(=O)[O-])CCCC(=O)O. The number of carbonyl (C=O) groups is 2. The van der Waals surface area contributed by atoms with Gasteiger partial charge in [-0.1, -0.05) is 25.5 Å². The maximum absolute atomic E-state index is 10.8. The van der Waals surface area contributed by atoms with Crippen molar-refractivity contribution >= 4 is 11.9 Å². The lowest BCUT2D eigenvalue weighted by molar-refractivity contribution is -0.929. The van der Waals surface area contributed by atoms with E-state index in [1.165, 1.54) is 0 Å². The smallest absolute Gasteiger partial charge is 0.303 e. The molecule has 0 radical (unpaired) electrons. The second-order valence-electron chi connectivity index (χ2n) is 6.33. The van der Waals surface area contributed by atoms with E-state index in [1.54, 1.807) is 0 Å². The lowest BCUT2D eigenvalue weighted by Gasteiger charge is -2.38. The number of rotatable bonds is 16. The maximum Gasteiger partial charge on any atom is 0.303 e. The van der Waals surface area contributed by atoms with Crippen LogP contribution >= 0.6 is 0 Å². The van der Waals surface area contributed by atoms with Crippen molar-refractivity contribution in [2.24, 2.45) is 0 Å². The van der Waals surface area contributed by atoms with Crippen LogP contribution in [-0.4, -0.2) is 59.4 Å². The first-order chi connectivity index (χ1) is 11.5. The number of hydrogen-bond acceptors (Lipinski definition) is 4. The fraction of sp³-hybridized carbons (Fsp3) is 0.778. The van der Waals surface area contributed by atoms with Crippen LogP contribution in [0.1, 0.15) is 58.3 Å². The second kappa shape index (κ2) is 14.0. The molecule has 0 saturated heterocycles. The fourth-order valence-electron chi connectivity index (χ4n) is 2.95. The number of nitrogens with zero attached hydrogens (tertiary/aromatic N) is 1. The zero-order valence-corrected chi connectivity index (χ0v) is 14.9. The molecule has 2 N–H and O–H groups in total. The zero-order chi connectivity index (χ0) is 18.3. The fourth-order valence-corrected chi connectivity index (χ4v) is 2.95. The number of allylic oxidation sites excluding steroid dienone is 2. The Bertz CT molecular complexity index is 362. The average Bonchev–Trinajstić information content (AvgIpc) is 2.50. The van der Waals surface area contributed by atoms with Gasteiger partial charge in [-0.05, 0) is 19.3 Å². The molecule has 0 fully saturated rings. The van der Waals surface area contributed by atoms with Crippen LogP contribution in [0.4, 0.5) is 0 Å². The summed E-state index contributed by atoms with van der Waals surface area (Å²) in [7, 11) is 0. The topological polar surface area (TPSA) is 97.7 Å². The number of carboxylic acid groups (broad SMARTS) is 2. The van der Waals surface area contributed by atoms with Crippen molar-refractivity contribution in [2.45, 2.75) is 58.3 Å². The van der Waals surface area contributed by atoms with Crippen molar-refractivity contribution < 1.29 is 29.4 Å². The number of aliphatic hydroxyl groups excluding tert-OH is 1. The number of aliphatic carboxylic acids is 2. The number of hydrogen-bond donors (Lipinski definition) is 2. The molecular formula is C18H33NO5. The van der Waals surface area contributed by atoms with Crippen LogP contribution in [0.2, 0.25) is 0 Å². The van der Waals surface area contributed by atoms with Crippen molar-refractivity contribution in [3.8, 4) is 0 Å². The number of aliphatic hydroxyl groups is 1. The number of carbonyl (C=O) groups excluding carboxylic acids is 1. The van der Waals surface area contributed by atoms with Crippen molar-refractivity contribution in [1.82, 2.24) is 0 Å². The molecule has 0 aliphatic carbocycles. The van der Waals surface area contributed by atoms with Crippen molar-refractivity contribution in [3.63, 3.8) is 0 Å². The van der Waals surface area contributed by atoms with Gasteiger partial charge in [0.05, 0.1) is 32.7 Å². The molecule has 1 unspecified atom stereocenters. The van der Waals surface area contributed by atoms with Crippen LogP contribution in [0.25, 0.3) is 0 Å². The van der Waals surface area contributed by atoms with Gasteiger partial charge in [-0.25, -0.2) is 0 Å². The van der Waals surface area contributed by atoms with Crippen molar-refractivity contribution in [3.05, 3.63) is 12.2 Å². The first-order valence-electron chi connectivity index (χ1n) is 8.98. The Balaban J connectivity index is 4.63. The number of quaternary nitrogens is 1. The van der Waals surface area contributed by atoms with Crippen molar-refractivity contribution in [2.75, 3.05) is 32.8 Å². The maximum atomic E-state index is 10.8. The lowest BCUT2D eigenvalue weighted by atomic mass is 10.1. The van der Waals surface area contributed by atoms with Gasteiger partial charge in [-0.3, -0.25) is 4.79 Å². The van der Waals surface area contributed by atoms with Gasteiger partial charge < -0.3 is 24.6 Å². The summed E-state index contributed by atoms with van der Waals surface area (Å²) >= 11 is 0. The molecule has 0 aromatic rings. The highest BCUT2D eigenvalue weighted by Crippen LogP contribution is 2.15. The molecule has 0 aliphatic rings. The van der Waals surface area contributed by atoms with Crippen LogP contribution in [0.5, 0.6) is 0 Å². The summed E-state index contributed by atoms with van der Waals surface area (Å²) in [6.07, 6.45) is 9.54. The minimum absolute atomic E-state index is 0.000756. The standard InChI is InChI=1S/C18H33NO5/c1-2-3-4-5-6-7-12-19(15-16-20,13-8-10-17(21)22)14-9-11-18(23)24/h4-5,20H,2-3,6-16H2,1H3,(H-,21,22,23,24)/b5-4+. The summed E-state index contributed by atoms with van der Waals surface area (Å²) in [5, 5.41) is 28.9. The van der Waals surface area contributed by atoms with E-state index < -0.39 is 11.9 Å². The molecular weight excluding hydrogens is 310 g/mol. The van der Waals surface area contributed by atoms with Crippen molar-refractivity contribution in [1.29, 1.82) is 0 Å². The Hall–Kier alpha value is -1.40. The highest BCUT2D eigenvalue weighted by Gasteiger charge is 2.26. The number of unbranched alkanes of at least 4 members (excludes halogenated alkanes) is 2. The van der Waals surface area contributed by atoms with Gasteiger partial charge in [0.2, 0.25) is 0 Å². The third-order valence-corrected chi connectivity index (χ3v) is 4.24. The van der Waals surface area contributed by atoms with E-state index >= 15 is 0 Å². The Morgan fingerprint density at radius 1 is 0.958 bits per heavy atom. The largest absolute Gasteiger partial charge is 0.550 e. The summed E-state index contributed by atoms with van der Waals surface area (Å²) in [4.78, 5) is 21.4. The van der Waals surface area contributed by atoms with Crippen LogP contribution in [0.3, 0.4) is 0 Å². The molecule has 0 aliphatic heterocycles. The summed E-state index contributed by atoms with van der Waals surface area (Å²) in [6.45, 7) is 4.79. The van der Waals surface area contributed by atoms with Gasteiger partial charge in [0.1, 0.15) is 6.54 Å². The molecule has 0 spiro atoms. The third kappa shape index (κ3) is 12.1. The van der Waals surface area contributed by atoms with Crippen LogP contribution in [0.15, 0.2) is 12.2 Å². The molecule has 0 aromatic heterocycles. The van der Waals surface area contributed by atoms with E-state index in [2.05, 4.69) is 19.1 Å². The Morgan fingerprint density at radius 3 is 2.08 bits per heavy atom. The minimum Gasteiger partial charge on any atom is -0.550 e. The lowest BCUT2D eigenvalue weighted by Crippen LogP contribution is -2.52. The molecule has 24 heavy (non-hydrogen) atoms. The summed E-state index contributed by atoms with van der Waals surface area (Å²) in [5.41, 5.74) is 0. The Kier molecular flexibility index (Phi) is 13.2. The molecule has 140 valence electrons. The monoisotopic (exact) mass is 343 g/mol. The molecule has 0 saturated carbocycles. The summed E-state index contributed by atoms with van der Waals surface area (Å²) in [6, 6.07) is 0. The summed E-state index contributed by atoms with van der Waals surface area (Å²) < 4.78 is 0.582. The first kappa shape index (κ1) is 22.6. The molecule has 1 atom stereocenters. The van der Waals surface area contributed by atoms with Gasteiger partial charge in [-0.15, -0.1) is 0 Å². The van der Waals surface area contributed by atoms with Gasteiger partial charge >= 0.3 is 5.97 Å². The predicted molar refractivity (Wildman–Crippen MR) is 91.2 cm³/mol. The Labute approximate surface area is 145 Å². The first-order valence-corrected chi connectivity index (χ1v) is 8.98. The molecule has 6 nitrogen and oxygen atoms in total. The molecule has 0 rings (SSSR count). The summed E-state index contributed by atoms with van der Waals surface area (Å²) in [5.74, 6) is -1.89. The molecule has 0 heterocycles. The van der Waals surface area contributed by atoms with E-state index in [0.29, 0.717) is 37.0 Å². The second-order valence-corrected chi connectivity index (χ2v) is 6.33. The predicted octanol–water partition coefficient (Wildman–Crippen LogP) is 1.33. The Morgan fingerprint density at radius 2 is 1.54 bits per heavy atom. The highest BCUT2D eigenvalue weighted by molar-refractivity contribution is 5.66. The van der Waals surface area contributed by atoms with E-state index in [9.17, 15) is 19.8 Å². The van der Waals surface area contributed by atoms with Crippen LogP contribution < -0.4 is 5.11 Å². The van der Waals surface area contributed by atoms with E-state index in [0.717, 1.165) is 32.2 Å². The third-order valence-electron chi connectivity index (χ3n) is 4.24. The van der Waals surface area contributed by atoms with Gasteiger partial charge in [0.25, 0.3) is 0 Å². The molecule has 0 bridgehead atoms. The molecule has 6 heteroatoms. The van der Waals surface area contributed by atoms with E-state index in [-0.39, 0.29) is 19.4 Å². The highest BCUT2D eigenvalue weighted by atomic mass is 16.4. The van der Waals surface area contributed by atoms with Crippen LogP contribution in [0, 0.1) is 0 Å². The normalized spacial score (nSPS) is 13.9. The van der Waals surface area contributed by atoms with E-state index in [4.69, 9.17) is 5.11 Å². The average molecular weight is 343 g/mol. The van der Waals surface area contributed by atoms with Gasteiger partial charge in [-0.2, -0.15) is 0 Å². The van der Waals surface area contributed by atoms with Crippen LogP contribution in [-0.2, 0) is 9.59 Å².